The standard InChI is InChI=1S/C21H16N2O5.C14H12N2O4.2C13H12.2C4H10/c1-10(2)23-20(27)14-7-5-12(9-16(14)21(23)28)17(24)11-4-6-13-15(8-11)19(26)22(3)18(13)25;1-6(2)16-13(19)9-4-7-8(5-10(9)14(16)20)12(18)15(3)11(7)17;2*1-3-7-12(8-4-1)11-13-9-5-2-6-10-13;2*1-4(2)3/h4-10H,1-3H3;4-6H,1-3H3;2*1-10H,11H2;2*4H,1-3H3. The number of hydrogen-bond donors (Lipinski definition) is 0. The first-order valence-corrected chi connectivity index (χ1v) is 27.5. The number of fused-ring (bicyclic) bond motifs is 4. The summed E-state index contributed by atoms with van der Waals surface area (Å²) in [6.45, 7) is 20.0. The topological polar surface area (TPSA) is 170 Å². The summed E-state index contributed by atoms with van der Waals surface area (Å²) in [5.41, 5.74) is 5.10. The third-order valence-electron chi connectivity index (χ3n) is 12.9. The van der Waals surface area contributed by atoms with Gasteiger partial charge in [0.25, 0.3) is 45.9 Å². The Morgan fingerprint density at radius 2 is 0.646 bits per heavy atom. The lowest BCUT2D eigenvalue weighted by Crippen LogP contribution is -2.35. The summed E-state index contributed by atoms with van der Waals surface area (Å²) < 4.78 is 2.12. The Morgan fingerprint density at radius 3 is 0.976 bits per heavy atom. The minimum absolute atomic E-state index is 0.178. The van der Waals surface area contributed by atoms with Crippen molar-refractivity contribution in [3.63, 3.8) is 0 Å². The van der Waals surface area contributed by atoms with E-state index in [9.17, 15) is 43.2 Å². The Labute approximate surface area is 478 Å². The van der Waals surface area contributed by atoms with Gasteiger partial charge in [0.15, 0.2) is 5.78 Å². The van der Waals surface area contributed by atoms with Crippen LogP contribution in [0.4, 0.5) is 0 Å². The zero-order valence-corrected chi connectivity index (χ0v) is 48.9. The summed E-state index contributed by atoms with van der Waals surface area (Å²) in [5, 5.41) is 0.754. The lowest BCUT2D eigenvalue weighted by molar-refractivity contribution is 0.0606. The maximum absolute atomic E-state index is 12.9. The second-order valence-corrected chi connectivity index (χ2v) is 22.0. The van der Waals surface area contributed by atoms with Crippen molar-refractivity contribution in [2.75, 3.05) is 7.05 Å². The molecule has 0 radical (unpaired) electrons. The summed E-state index contributed by atoms with van der Waals surface area (Å²) in [6, 6.07) is 53.0. The average molecular weight is 1100 g/mol. The van der Waals surface area contributed by atoms with E-state index in [2.05, 4.69) is 163 Å². The highest BCUT2D eigenvalue weighted by Crippen LogP contribution is 2.28. The van der Waals surface area contributed by atoms with E-state index in [1.165, 1.54) is 84.9 Å². The van der Waals surface area contributed by atoms with Crippen LogP contribution in [0.2, 0.25) is 0 Å². The number of ketones is 1. The van der Waals surface area contributed by atoms with Crippen molar-refractivity contribution < 1.29 is 24.0 Å². The Balaban J connectivity index is 0.000000175. The number of carbonyl (C=O) groups excluding carboxylic acids is 5. The van der Waals surface area contributed by atoms with Gasteiger partial charge in [-0.05, 0) is 111 Å². The molecule has 0 atom stereocenters. The number of benzene rings is 7. The van der Waals surface area contributed by atoms with E-state index in [1.807, 2.05) is 0 Å². The summed E-state index contributed by atoms with van der Waals surface area (Å²) in [5.74, 6) is -0.408. The molecule has 2 aromatic heterocycles. The molecule has 13 nitrogen and oxygen atoms in total. The van der Waals surface area contributed by atoms with Gasteiger partial charge in [-0.3, -0.25) is 62.1 Å². The van der Waals surface area contributed by atoms with Crippen LogP contribution in [0.15, 0.2) is 189 Å². The molecule has 0 aliphatic carbocycles. The van der Waals surface area contributed by atoms with E-state index in [0.717, 1.165) is 43.6 Å². The van der Waals surface area contributed by atoms with Gasteiger partial charge < -0.3 is 0 Å². The molecule has 422 valence electrons. The van der Waals surface area contributed by atoms with E-state index in [0.29, 0.717) is 0 Å². The van der Waals surface area contributed by atoms with Crippen molar-refractivity contribution in [3.05, 3.63) is 267 Å². The van der Waals surface area contributed by atoms with Crippen LogP contribution in [0.5, 0.6) is 0 Å². The average Bonchev–Trinajstić information content (AvgIpc) is 4.04. The fourth-order valence-electron chi connectivity index (χ4n) is 8.98. The zero-order chi connectivity index (χ0) is 60.1. The Morgan fingerprint density at radius 1 is 0.354 bits per heavy atom. The minimum Gasteiger partial charge on any atom is -0.289 e. The fraction of sp³-hybridized carbons (Fsp3) is 0.261. The number of nitrogens with zero attached hydrogens (tertiary/aromatic N) is 4. The molecule has 0 unspecified atom stereocenters. The van der Waals surface area contributed by atoms with Gasteiger partial charge >= 0.3 is 0 Å². The molecule has 13 heteroatoms. The number of aromatic nitrogens is 2. The number of amides is 4. The molecule has 0 fully saturated rings. The minimum atomic E-state index is -0.461. The van der Waals surface area contributed by atoms with Gasteiger partial charge in [0, 0.05) is 37.3 Å². The smallest absolute Gasteiger partial charge is 0.261 e. The van der Waals surface area contributed by atoms with Crippen LogP contribution in [0.3, 0.4) is 0 Å². The first-order valence-electron chi connectivity index (χ1n) is 27.5. The van der Waals surface area contributed by atoms with Crippen molar-refractivity contribution in [2.45, 2.75) is 94.2 Å². The number of rotatable bonds is 8. The molecule has 4 amide bonds. The predicted octanol–water partition coefficient (Wildman–Crippen LogP) is 12.1. The van der Waals surface area contributed by atoms with Crippen LogP contribution in [0.1, 0.15) is 155 Å². The predicted molar refractivity (Wildman–Crippen MR) is 327 cm³/mol. The van der Waals surface area contributed by atoms with Crippen molar-refractivity contribution in [3.8, 4) is 0 Å². The second-order valence-electron chi connectivity index (χ2n) is 22.0. The third-order valence-corrected chi connectivity index (χ3v) is 12.9. The molecule has 82 heavy (non-hydrogen) atoms. The van der Waals surface area contributed by atoms with Crippen molar-refractivity contribution in [1.29, 1.82) is 0 Å². The Bertz CT molecular complexity index is 3700. The van der Waals surface area contributed by atoms with Gasteiger partial charge in [0.2, 0.25) is 0 Å². The monoisotopic (exact) mass is 1100 g/mol. The van der Waals surface area contributed by atoms with Crippen molar-refractivity contribution in [1.82, 2.24) is 18.9 Å². The van der Waals surface area contributed by atoms with Gasteiger partial charge in [-0.1, -0.05) is 175 Å². The third kappa shape index (κ3) is 14.8. The van der Waals surface area contributed by atoms with Crippen LogP contribution in [-0.4, -0.2) is 61.4 Å². The maximum atomic E-state index is 12.9. The van der Waals surface area contributed by atoms with Crippen LogP contribution in [0, 0.1) is 11.8 Å². The SMILES string of the molecule is CC(C)C.CC(C)C.CC(C)N1C(=O)c2ccc(C(=O)c3ccc4c(c3)C(=O)N(C)C4=O)cc2C1=O.CC(C)n1c(=O)c2cc3c(=O)n(C)c(=O)c3cc2c1=O.c1ccc(Cc2ccccc2)cc1.c1ccc(Cc2ccccc2)cc1. The molecular weight excluding hydrogens is 1030 g/mol. The quantitative estimate of drug-likeness (QED) is 0.106. The highest BCUT2D eigenvalue weighted by atomic mass is 16.2. The normalized spacial score (nSPS) is 12.2. The molecule has 0 spiro atoms. The summed E-state index contributed by atoms with van der Waals surface area (Å²) in [6.07, 6.45) is 2.06. The first kappa shape index (κ1) is 62.0. The lowest BCUT2D eigenvalue weighted by Gasteiger charge is -2.17. The molecule has 2 aliphatic rings. The van der Waals surface area contributed by atoms with Crippen molar-refractivity contribution >= 4 is 51.0 Å². The van der Waals surface area contributed by atoms with Crippen molar-refractivity contribution in [2.24, 2.45) is 18.9 Å². The molecule has 0 saturated carbocycles. The van der Waals surface area contributed by atoms with Gasteiger partial charge in [-0.25, -0.2) is 0 Å². The molecule has 7 aromatic carbocycles. The van der Waals surface area contributed by atoms with E-state index in [4.69, 9.17) is 0 Å². The van der Waals surface area contributed by atoms with Crippen LogP contribution < -0.4 is 22.2 Å². The number of carbonyl (C=O) groups is 5. The maximum Gasteiger partial charge on any atom is 0.261 e. The number of imide groups is 2. The highest BCUT2D eigenvalue weighted by Gasteiger charge is 2.38. The molecule has 0 N–H and O–H groups in total. The van der Waals surface area contributed by atoms with Crippen LogP contribution >= 0.6 is 0 Å². The molecule has 0 bridgehead atoms. The summed E-state index contributed by atoms with van der Waals surface area (Å²) in [7, 11) is 2.76. The number of hydrogen-bond acceptors (Lipinski definition) is 9. The van der Waals surface area contributed by atoms with Crippen LogP contribution in [-0.2, 0) is 19.9 Å². The highest BCUT2D eigenvalue weighted by molar-refractivity contribution is 6.24. The van der Waals surface area contributed by atoms with Gasteiger partial charge in [-0.2, -0.15) is 0 Å². The Hall–Kier alpha value is -9.23. The molecule has 9 aromatic rings. The van der Waals surface area contributed by atoms with E-state index in [-0.39, 0.29) is 72.9 Å². The molecule has 11 rings (SSSR count). The first-order chi connectivity index (χ1) is 38.9. The molecule has 4 heterocycles. The second kappa shape index (κ2) is 27.8. The zero-order valence-electron chi connectivity index (χ0n) is 48.9. The molecule has 2 aliphatic heterocycles. The van der Waals surface area contributed by atoms with E-state index >= 15 is 0 Å². The molecular formula is C69H72N4O9. The lowest BCUT2D eigenvalue weighted by atomic mass is 9.96. The Kier molecular flexibility index (Phi) is 21.0. The van der Waals surface area contributed by atoms with Gasteiger partial charge in [0.05, 0.1) is 43.8 Å². The van der Waals surface area contributed by atoms with E-state index in [1.54, 1.807) is 27.7 Å². The summed E-state index contributed by atoms with van der Waals surface area (Å²) in [4.78, 5) is 112. The van der Waals surface area contributed by atoms with E-state index < -0.39 is 45.7 Å². The van der Waals surface area contributed by atoms with Gasteiger partial charge in [0.1, 0.15) is 0 Å². The van der Waals surface area contributed by atoms with Crippen LogP contribution in [0.25, 0.3) is 21.5 Å². The summed E-state index contributed by atoms with van der Waals surface area (Å²) >= 11 is 0. The largest absolute Gasteiger partial charge is 0.289 e. The molecule has 0 saturated heterocycles. The fourth-order valence-corrected chi connectivity index (χ4v) is 8.98. The van der Waals surface area contributed by atoms with Gasteiger partial charge in [-0.15, -0.1) is 0 Å².